The van der Waals surface area contributed by atoms with Gasteiger partial charge in [-0.25, -0.2) is 22.5 Å². The Morgan fingerprint density at radius 3 is 1.12 bits per heavy atom. The van der Waals surface area contributed by atoms with E-state index in [0.717, 1.165) is 164 Å². The smallest absolute Gasteiger partial charge is 0.230 e. The summed E-state index contributed by atoms with van der Waals surface area (Å²) in [6.07, 6.45) is 25.4. The molecule has 13 aromatic rings. The highest BCUT2D eigenvalue weighted by atomic mass is 19.1. The molecule has 8 fully saturated rings. The number of nitrogens with one attached hydrogen (secondary N) is 9. The van der Waals surface area contributed by atoms with E-state index in [-0.39, 0.29) is 80.0 Å². The second-order valence-electron chi connectivity index (χ2n) is 36.1. The number of rotatable bonds is 29. The first kappa shape index (κ1) is 100. The molecule has 8 aliphatic rings. The number of hydrogen-bond donors (Lipinski definition) is 9. The maximum Gasteiger partial charge on any atom is 0.230 e. The summed E-state index contributed by atoms with van der Waals surface area (Å²) in [5, 5.41) is 45.8. The molecule has 145 heavy (non-hydrogen) atoms. The van der Waals surface area contributed by atoms with E-state index in [1.165, 1.54) is 68.4 Å². The van der Waals surface area contributed by atoms with Crippen molar-refractivity contribution in [1.82, 2.24) is 114 Å². The average Bonchev–Trinajstić information content (AvgIpc) is 1.57. The molecule has 17 heterocycles. The molecule has 0 spiro atoms. The van der Waals surface area contributed by atoms with E-state index in [2.05, 4.69) is 141 Å². The van der Waals surface area contributed by atoms with Gasteiger partial charge in [0.1, 0.15) is 29.1 Å². The summed E-state index contributed by atoms with van der Waals surface area (Å²) in [4.78, 5) is 103. The molecular weight excluding hydrogens is 1850 g/mol. The van der Waals surface area contributed by atoms with Crippen molar-refractivity contribution < 1.29 is 41.5 Å². The van der Waals surface area contributed by atoms with Gasteiger partial charge in [-0.15, -0.1) is 0 Å². The highest BCUT2D eigenvalue weighted by Gasteiger charge is 2.30. The molecule has 0 atom stereocenters. The quantitative estimate of drug-likeness (QED) is 0.0155. The molecule has 37 nitrogen and oxygen atoms in total. The fourth-order valence-electron chi connectivity index (χ4n) is 17.9. The number of ether oxygens (including phenoxy) is 1. The number of piperazine rings is 1. The number of pyridine rings is 1. The van der Waals surface area contributed by atoms with Gasteiger partial charge in [-0.05, 0) is 221 Å². The van der Waals surface area contributed by atoms with Gasteiger partial charge in [-0.2, -0.15) is 78.3 Å². The number of amides is 4. The van der Waals surface area contributed by atoms with Gasteiger partial charge in [0, 0.05) is 149 Å². The first-order valence-electron chi connectivity index (χ1n) is 48.5. The minimum absolute atomic E-state index is 0. The van der Waals surface area contributed by atoms with Gasteiger partial charge in [-0.3, -0.25) is 19.2 Å². The van der Waals surface area contributed by atoms with Crippen LogP contribution >= 0.6 is 0 Å². The van der Waals surface area contributed by atoms with Gasteiger partial charge >= 0.3 is 0 Å². The normalized spacial score (nSPS) is 17.4. The summed E-state index contributed by atoms with van der Waals surface area (Å²) >= 11 is 0. The molecule has 0 saturated carbocycles. The van der Waals surface area contributed by atoms with Gasteiger partial charge in [0.05, 0.1) is 57.1 Å². The SMILES string of the molecule is C.C=C1NC(=O)C/C1=C\c1cnn2c(NCCc3cccc(F)c3)nc(N3CCCN(C)CC3)nc12.C=C1NC(=O)C/C1=C\c1cnn2c(NCCc3cccc(F)c3)nc(N3CCCOCC3)nc12.C=C1NC(=O)C/C1=C\c1cnn2c(NCCc3cccc(F)c3)nc(N3CCN(c4ccccn4)CC3)nc12.C=C1NC(=O)C/C1=C\c1cnn2c(NCCc3cccc(F)c3)nc(NCCCN3CCCC3)nc12. The van der Waals surface area contributed by atoms with Crippen molar-refractivity contribution in [2.45, 2.75) is 90.9 Å². The van der Waals surface area contributed by atoms with E-state index >= 15 is 0 Å². The summed E-state index contributed by atoms with van der Waals surface area (Å²) in [5.74, 6) is 4.20. The second-order valence-corrected chi connectivity index (χ2v) is 36.1. The number of likely N-dealkylation sites (tertiary alicyclic amines) is 1. The third kappa shape index (κ3) is 25.8. The number of benzene rings is 4. The van der Waals surface area contributed by atoms with Crippen LogP contribution in [0.25, 0.3) is 46.9 Å². The van der Waals surface area contributed by atoms with Crippen LogP contribution < -0.4 is 67.5 Å². The van der Waals surface area contributed by atoms with Crippen LogP contribution in [0, 0.1) is 23.3 Å². The molecule has 752 valence electrons. The van der Waals surface area contributed by atoms with Crippen LogP contribution in [0.3, 0.4) is 0 Å². The van der Waals surface area contributed by atoms with Crippen LogP contribution in [0.4, 0.5) is 71.0 Å². The maximum atomic E-state index is 13.6. The largest absolute Gasteiger partial charge is 0.380 e. The maximum absolute atomic E-state index is 13.6. The number of fused-ring (bicyclic) bond motifs is 4. The summed E-state index contributed by atoms with van der Waals surface area (Å²) in [6, 6.07) is 32.2. The van der Waals surface area contributed by atoms with E-state index in [4.69, 9.17) is 39.6 Å². The highest BCUT2D eigenvalue weighted by Crippen LogP contribution is 2.32. The highest BCUT2D eigenvalue weighted by molar-refractivity contribution is 5.93. The third-order valence-corrected chi connectivity index (χ3v) is 25.5. The Labute approximate surface area is 836 Å². The second kappa shape index (κ2) is 47.2. The van der Waals surface area contributed by atoms with Crippen LogP contribution in [0.2, 0.25) is 0 Å². The fourth-order valence-corrected chi connectivity index (χ4v) is 17.9. The van der Waals surface area contributed by atoms with Crippen molar-refractivity contribution in [2.75, 3.05) is 184 Å². The number of hydrogen-bond acceptors (Lipinski definition) is 29. The molecule has 4 aromatic carbocycles. The van der Waals surface area contributed by atoms with E-state index in [9.17, 15) is 36.7 Å². The summed E-state index contributed by atoms with van der Waals surface area (Å²) < 4.78 is 66.5. The molecule has 8 saturated heterocycles. The summed E-state index contributed by atoms with van der Waals surface area (Å²) in [7, 11) is 2.12. The lowest BCUT2D eigenvalue weighted by Crippen LogP contribution is -2.47. The monoisotopic (exact) mass is 1970 g/mol. The van der Waals surface area contributed by atoms with Crippen molar-refractivity contribution in [3.05, 3.63) is 285 Å². The van der Waals surface area contributed by atoms with E-state index in [0.29, 0.717) is 165 Å². The van der Waals surface area contributed by atoms with E-state index in [1.54, 1.807) is 79.4 Å². The molecule has 41 heteroatoms. The average molecular weight is 1970 g/mol. The number of anilines is 9. The van der Waals surface area contributed by atoms with Crippen molar-refractivity contribution in [1.29, 1.82) is 0 Å². The Morgan fingerprint density at radius 1 is 0.372 bits per heavy atom. The molecule has 0 radical (unpaired) electrons. The molecule has 9 aromatic heterocycles. The molecule has 0 bridgehead atoms. The number of likely N-dealkylation sites (N-methyl/N-ethyl adjacent to an activating group) is 1. The van der Waals surface area contributed by atoms with Crippen LogP contribution in [0.15, 0.2) is 218 Å². The minimum Gasteiger partial charge on any atom is -0.380 e. The van der Waals surface area contributed by atoms with Gasteiger partial charge in [0.2, 0.25) is 71.2 Å². The zero-order chi connectivity index (χ0) is 99.5. The zero-order valence-electron chi connectivity index (χ0n) is 80.2. The standard InChI is InChI=1S/C28H28FN9O.C26H31FN8O.C25H29FN8O.C24H26FN7O2.CH4/c1-19-21(17-25(39)33-19)16-22-18-32-38-26(22)34-28(35-27(38)31-10-8-20-5-4-6-23(29)15-20)37-13-11-36(12-14-37)24-7-2-3-9-30-24;1-18-20(16-23(36)31-18)15-21-17-30-35-24(21)32-25(28-9-5-13-34-11-2-3-12-34)33-26(35)29-10-8-19-6-4-7-22(27)14-19;1-17-19(15-22(35)29-17)14-20-16-28-34-23(20)30-25(33-10-4-9-32(2)11-12-33)31-24(34)27-8-7-18-5-3-6-21(26)13-18;1-16-18(14-21(33)28-16)13-19-15-27-32-22(19)29-24(31-8-3-10-34-11-9-31)30-23(32)26-7-6-17-4-2-5-20(25)12-17;/h2-7,9,15-16,18H,1,8,10-14,17H2,(H,33,39)(H,31,34,35);4,6-7,14-15,17H,1-3,5,8-13,16H2,(H,31,36)(H2,28,29,32,33);3,5-6,13-14,16H,1,4,7-12,15H2,2H3,(H,29,35)(H,27,30,31);2,4-5,12-13,15H,1,3,6-11,14H2,(H,28,33)(H,26,29,30);1H4/b21-16+;20-15+;19-14+;18-13+;. The molecule has 0 aliphatic carbocycles. The van der Waals surface area contributed by atoms with Crippen molar-refractivity contribution in [3.63, 3.8) is 0 Å². The number of allylic oxidation sites excluding steroid dienone is 4. The van der Waals surface area contributed by atoms with Crippen molar-refractivity contribution in [2.24, 2.45) is 0 Å². The Balaban J connectivity index is 0.000000132. The van der Waals surface area contributed by atoms with E-state index < -0.39 is 0 Å². The van der Waals surface area contributed by atoms with Gasteiger partial charge < -0.3 is 82.0 Å². The van der Waals surface area contributed by atoms with Crippen LogP contribution in [0.1, 0.15) is 110 Å². The van der Waals surface area contributed by atoms with Gasteiger partial charge in [0.15, 0.2) is 22.6 Å². The first-order chi connectivity index (χ1) is 70.1. The molecule has 4 amide bonds. The Kier molecular flexibility index (Phi) is 32.6. The Hall–Kier alpha value is -16.2. The predicted octanol–water partition coefficient (Wildman–Crippen LogP) is 12.0. The number of carbonyl (C=O) groups is 4. The lowest BCUT2D eigenvalue weighted by Gasteiger charge is -2.35. The van der Waals surface area contributed by atoms with Gasteiger partial charge in [-0.1, -0.05) is 88.3 Å². The summed E-state index contributed by atoms with van der Waals surface area (Å²) in [6.45, 7) is 31.6. The third-order valence-electron chi connectivity index (χ3n) is 25.5. The van der Waals surface area contributed by atoms with Crippen molar-refractivity contribution >= 4 is 124 Å². The summed E-state index contributed by atoms with van der Waals surface area (Å²) in [5.41, 5.74) is 14.9. The molecule has 9 N–H and O–H groups in total. The molecule has 8 aliphatic heterocycles. The number of nitrogens with zero attached hydrogens (tertiary/aromatic N) is 23. The minimum atomic E-state index is -0.254. The van der Waals surface area contributed by atoms with Crippen LogP contribution in [0.5, 0.6) is 0 Å². The fraction of sp³-hybridized carbons (Fsp3) is 0.337. The number of carbonyl (C=O) groups excluding carboxylic acids is 4. The Morgan fingerprint density at radius 2 is 0.738 bits per heavy atom. The molecular formula is C104H118F4N32O5. The Bertz CT molecular complexity index is 7070. The van der Waals surface area contributed by atoms with E-state index in [1.807, 2.05) is 66.8 Å². The molecule has 21 rings (SSSR count). The number of halogens is 4. The lowest BCUT2D eigenvalue weighted by molar-refractivity contribution is -0.119. The van der Waals surface area contributed by atoms with Crippen LogP contribution in [-0.2, 0) is 49.6 Å². The lowest BCUT2D eigenvalue weighted by atomic mass is 10.1. The zero-order valence-corrected chi connectivity index (χ0v) is 80.2. The predicted molar refractivity (Wildman–Crippen MR) is 553 cm³/mol. The van der Waals surface area contributed by atoms with Gasteiger partial charge in [0.25, 0.3) is 0 Å². The topological polar surface area (TPSA) is 390 Å². The van der Waals surface area contributed by atoms with Crippen molar-refractivity contribution in [3.8, 4) is 0 Å². The first-order valence-corrected chi connectivity index (χ1v) is 48.5. The molecule has 0 unspecified atom stereocenters. The number of aromatic nitrogens is 17. The van der Waals surface area contributed by atoms with Crippen LogP contribution in [-0.4, -0.2) is 255 Å².